The fourth-order valence-corrected chi connectivity index (χ4v) is 5.26. The third-order valence-electron chi connectivity index (χ3n) is 5.15. The summed E-state index contributed by atoms with van der Waals surface area (Å²) < 4.78 is 6.57. The Balaban J connectivity index is 1.52. The highest BCUT2D eigenvalue weighted by Gasteiger charge is 2.35. The monoisotopic (exact) mass is 545 g/mol. The molecule has 1 aromatic heterocycles. The molecule has 0 saturated carbocycles. The number of para-hydroxylation sites is 1. The molecular formula is C22H20BrN5O5S. The van der Waals surface area contributed by atoms with Gasteiger partial charge in [-0.1, -0.05) is 34.1 Å². The van der Waals surface area contributed by atoms with E-state index in [1.807, 2.05) is 0 Å². The maximum absolute atomic E-state index is 13.1. The molecule has 34 heavy (non-hydrogen) atoms. The summed E-state index contributed by atoms with van der Waals surface area (Å²) in [6, 6.07) is 10.6. The largest absolute Gasteiger partial charge is 0.465 e. The van der Waals surface area contributed by atoms with Gasteiger partial charge in [-0.05, 0) is 24.3 Å². The molecule has 0 unspecified atom stereocenters. The first-order chi connectivity index (χ1) is 16.3. The Hall–Kier alpha value is -3.51. The second kappa shape index (κ2) is 9.77. The number of primary amides is 1. The Kier molecular flexibility index (Phi) is 6.80. The Bertz CT molecular complexity index is 1310. The Morgan fingerprint density at radius 3 is 2.65 bits per heavy atom. The molecular weight excluding hydrogens is 526 g/mol. The van der Waals surface area contributed by atoms with Crippen LogP contribution >= 0.6 is 27.7 Å². The van der Waals surface area contributed by atoms with Crippen molar-refractivity contribution in [3.8, 4) is 0 Å². The van der Waals surface area contributed by atoms with Crippen molar-refractivity contribution in [2.75, 3.05) is 30.0 Å². The molecule has 0 aliphatic carbocycles. The van der Waals surface area contributed by atoms with Gasteiger partial charge in [0.05, 0.1) is 23.9 Å². The summed E-state index contributed by atoms with van der Waals surface area (Å²) in [5.74, 6) is -0.380. The molecule has 0 radical (unpaired) electrons. The second-order valence-corrected chi connectivity index (χ2v) is 9.43. The second-order valence-electron chi connectivity index (χ2n) is 7.32. The van der Waals surface area contributed by atoms with E-state index >= 15 is 0 Å². The molecule has 1 aliphatic rings. The lowest BCUT2D eigenvalue weighted by molar-refractivity contribution is -0.117. The number of carbonyl (C=O) groups excluding carboxylic acids is 4. The van der Waals surface area contributed by atoms with Crippen LogP contribution in [0.3, 0.4) is 0 Å². The summed E-state index contributed by atoms with van der Waals surface area (Å²) in [5.41, 5.74) is 7.07. The number of nitrogens with two attached hydrogens (primary N) is 1. The van der Waals surface area contributed by atoms with E-state index in [2.05, 4.69) is 26.6 Å². The van der Waals surface area contributed by atoms with E-state index in [1.54, 1.807) is 36.4 Å². The third-order valence-corrected chi connectivity index (χ3v) is 6.81. The number of nitrogens with one attached hydrogen (secondary N) is 2. The molecule has 1 aliphatic heterocycles. The molecule has 0 bridgehead atoms. The van der Waals surface area contributed by atoms with Crippen LogP contribution in [0.4, 0.5) is 21.0 Å². The maximum atomic E-state index is 13.1. The van der Waals surface area contributed by atoms with E-state index in [4.69, 9.17) is 10.5 Å². The number of aromatic nitrogens is 1. The van der Waals surface area contributed by atoms with Crippen molar-refractivity contribution >= 4 is 73.9 Å². The summed E-state index contributed by atoms with van der Waals surface area (Å²) in [4.78, 5) is 51.1. The SMILES string of the molecule is COC(=O)c1cc(Br)cc(NC(=O)[C@@H]2SCCN2C(=O)Nc2cn(C(N)=O)c3ccccc23)c1. The molecule has 4 N–H and O–H groups in total. The van der Waals surface area contributed by atoms with E-state index in [9.17, 15) is 19.2 Å². The van der Waals surface area contributed by atoms with E-state index in [0.717, 1.165) is 0 Å². The van der Waals surface area contributed by atoms with Gasteiger partial charge in [0.2, 0.25) is 0 Å². The number of amides is 4. The summed E-state index contributed by atoms with van der Waals surface area (Å²) in [6.07, 6.45) is 1.46. The van der Waals surface area contributed by atoms with Crippen LogP contribution in [0.25, 0.3) is 10.9 Å². The number of hydrogen-bond acceptors (Lipinski definition) is 6. The molecule has 1 atom stereocenters. The molecule has 4 amide bonds. The quantitative estimate of drug-likeness (QED) is 0.428. The Labute approximate surface area is 206 Å². The van der Waals surface area contributed by atoms with Gasteiger partial charge >= 0.3 is 18.0 Å². The molecule has 1 fully saturated rings. The van der Waals surface area contributed by atoms with Crippen molar-refractivity contribution < 1.29 is 23.9 Å². The predicted molar refractivity (Wildman–Crippen MR) is 133 cm³/mol. The zero-order valence-electron chi connectivity index (χ0n) is 17.9. The first-order valence-corrected chi connectivity index (χ1v) is 11.9. The van der Waals surface area contributed by atoms with Crippen LogP contribution in [0.1, 0.15) is 10.4 Å². The molecule has 0 spiro atoms. The average Bonchev–Trinajstić information content (AvgIpc) is 3.44. The number of methoxy groups -OCH3 is 1. The highest BCUT2D eigenvalue weighted by atomic mass is 79.9. The van der Waals surface area contributed by atoms with Crippen LogP contribution in [0, 0.1) is 0 Å². The number of urea groups is 1. The fourth-order valence-electron chi connectivity index (χ4n) is 3.65. The number of rotatable bonds is 4. The van der Waals surface area contributed by atoms with E-state index in [0.29, 0.717) is 39.0 Å². The van der Waals surface area contributed by atoms with Crippen molar-refractivity contribution in [3.63, 3.8) is 0 Å². The molecule has 2 heterocycles. The van der Waals surface area contributed by atoms with Gasteiger partial charge in [-0.15, -0.1) is 11.8 Å². The first-order valence-electron chi connectivity index (χ1n) is 10.1. The smallest absolute Gasteiger partial charge is 0.337 e. The summed E-state index contributed by atoms with van der Waals surface area (Å²) in [7, 11) is 1.27. The van der Waals surface area contributed by atoms with Crippen LogP contribution in [-0.4, -0.2) is 58.2 Å². The number of thioether (sulfide) groups is 1. The molecule has 1 saturated heterocycles. The predicted octanol–water partition coefficient (Wildman–Crippen LogP) is 3.66. The Morgan fingerprint density at radius 2 is 1.91 bits per heavy atom. The van der Waals surface area contributed by atoms with Gasteiger partial charge in [-0.2, -0.15) is 0 Å². The normalized spacial score (nSPS) is 15.2. The number of ether oxygens (including phenoxy) is 1. The standard InChI is InChI=1S/C22H20BrN5O5S/c1-33-20(30)12-8-13(23)10-14(9-12)25-18(29)19-27(6-7-34-19)22(32)26-16-11-28(21(24)31)17-5-3-2-4-15(16)17/h2-5,8-11,19H,6-7H2,1H3,(H2,24,31)(H,25,29)(H,26,32)/t19-/m0/s1. The highest BCUT2D eigenvalue weighted by molar-refractivity contribution is 9.10. The molecule has 4 rings (SSSR count). The van der Waals surface area contributed by atoms with Crippen molar-refractivity contribution in [1.29, 1.82) is 0 Å². The van der Waals surface area contributed by atoms with Gasteiger partial charge in [0.1, 0.15) is 0 Å². The van der Waals surface area contributed by atoms with Gasteiger partial charge in [-0.25, -0.2) is 14.4 Å². The number of halogens is 1. The van der Waals surface area contributed by atoms with Gasteiger partial charge in [0.15, 0.2) is 5.37 Å². The summed E-state index contributed by atoms with van der Waals surface area (Å²) in [6.45, 7) is 0.356. The molecule has 12 heteroatoms. The number of anilines is 2. The van der Waals surface area contributed by atoms with E-state index in [-0.39, 0.29) is 5.56 Å². The average molecular weight is 546 g/mol. The Morgan fingerprint density at radius 1 is 1.15 bits per heavy atom. The number of hydrogen-bond donors (Lipinski definition) is 3. The lowest BCUT2D eigenvalue weighted by Gasteiger charge is -2.23. The third kappa shape index (κ3) is 4.73. The number of benzene rings is 2. The molecule has 176 valence electrons. The maximum Gasteiger partial charge on any atom is 0.337 e. The summed E-state index contributed by atoms with van der Waals surface area (Å²) in [5, 5.41) is 5.40. The van der Waals surface area contributed by atoms with Crippen LogP contribution in [0.2, 0.25) is 0 Å². The van der Waals surface area contributed by atoms with Gasteiger partial charge < -0.3 is 26.0 Å². The number of fused-ring (bicyclic) bond motifs is 1. The van der Waals surface area contributed by atoms with Crippen molar-refractivity contribution in [2.45, 2.75) is 5.37 Å². The minimum Gasteiger partial charge on any atom is -0.465 e. The van der Waals surface area contributed by atoms with Crippen molar-refractivity contribution in [3.05, 3.63) is 58.7 Å². The van der Waals surface area contributed by atoms with Gasteiger partial charge in [0.25, 0.3) is 5.91 Å². The minimum atomic E-state index is -0.787. The topological polar surface area (TPSA) is 136 Å². The van der Waals surface area contributed by atoms with Crippen LogP contribution in [0.15, 0.2) is 53.1 Å². The summed E-state index contributed by atoms with van der Waals surface area (Å²) >= 11 is 4.63. The van der Waals surface area contributed by atoms with Crippen molar-refractivity contribution in [1.82, 2.24) is 9.47 Å². The number of carbonyl (C=O) groups is 4. The van der Waals surface area contributed by atoms with E-state index < -0.39 is 29.3 Å². The first kappa shape index (κ1) is 23.6. The zero-order valence-corrected chi connectivity index (χ0v) is 20.3. The van der Waals surface area contributed by atoms with Crippen molar-refractivity contribution in [2.24, 2.45) is 5.73 Å². The lowest BCUT2D eigenvalue weighted by Crippen LogP contribution is -2.44. The van der Waals surface area contributed by atoms with Crippen LogP contribution < -0.4 is 16.4 Å². The number of nitrogens with zero attached hydrogens (tertiary/aromatic N) is 2. The molecule has 3 aromatic rings. The highest BCUT2D eigenvalue weighted by Crippen LogP contribution is 2.30. The zero-order chi connectivity index (χ0) is 24.4. The van der Waals surface area contributed by atoms with Crippen LogP contribution in [-0.2, 0) is 9.53 Å². The van der Waals surface area contributed by atoms with Gasteiger partial charge in [-0.3, -0.25) is 9.36 Å². The van der Waals surface area contributed by atoms with Crippen LogP contribution in [0.5, 0.6) is 0 Å². The lowest BCUT2D eigenvalue weighted by atomic mass is 10.2. The number of esters is 1. The molecule has 2 aromatic carbocycles. The molecule has 10 nitrogen and oxygen atoms in total. The fraction of sp³-hybridized carbons (Fsp3) is 0.182. The van der Waals surface area contributed by atoms with Gasteiger partial charge in [0, 0.05) is 34.0 Å². The minimum absolute atomic E-state index is 0.270. The van der Waals surface area contributed by atoms with E-state index in [1.165, 1.54) is 40.6 Å².